The van der Waals surface area contributed by atoms with Crippen molar-refractivity contribution >= 4 is 27.5 Å². The third kappa shape index (κ3) is 4.78. The molecule has 0 aliphatic rings. The van der Waals surface area contributed by atoms with Gasteiger partial charge in [-0.25, -0.2) is 14.5 Å². The predicted octanol–water partition coefficient (Wildman–Crippen LogP) is 5.88. The van der Waals surface area contributed by atoms with Crippen LogP contribution in [0, 0.1) is 6.92 Å². The second-order valence-corrected chi connectivity index (χ2v) is 8.56. The van der Waals surface area contributed by atoms with Crippen LogP contribution in [0.25, 0.3) is 17.2 Å². The van der Waals surface area contributed by atoms with Crippen LogP contribution in [-0.2, 0) is 6.54 Å². The molecule has 35 heavy (non-hydrogen) atoms. The zero-order valence-electron chi connectivity index (χ0n) is 19.3. The minimum atomic E-state index is 0.454. The van der Waals surface area contributed by atoms with Crippen molar-refractivity contribution in [3.8, 4) is 34.7 Å². The average Bonchev–Trinajstić information content (AvgIpc) is 3.53. The first kappa shape index (κ1) is 22.7. The van der Waals surface area contributed by atoms with E-state index in [0.29, 0.717) is 52.8 Å². The molecule has 5 aromatic rings. The fraction of sp³-hybridized carbons (Fsp3) is 0.160. The topological polar surface area (TPSA) is 95.9 Å². The highest BCUT2D eigenvalue weighted by molar-refractivity contribution is 9.10. The number of aryl methyl sites for hydroxylation is 1. The van der Waals surface area contributed by atoms with E-state index in [1.54, 1.807) is 25.1 Å². The van der Waals surface area contributed by atoms with E-state index < -0.39 is 0 Å². The van der Waals surface area contributed by atoms with Crippen LogP contribution in [0.3, 0.4) is 0 Å². The quantitative estimate of drug-likeness (QED) is 0.263. The Kier molecular flexibility index (Phi) is 6.28. The number of nitrogens with zero attached hydrogens (tertiary/aromatic N) is 4. The molecule has 0 aliphatic heterocycles. The summed E-state index contributed by atoms with van der Waals surface area (Å²) in [7, 11) is 3.23. The van der Waals surface area contributed by atoms with Crippen LogP contribution in [0.15, 0.2) is 69.8 Å². The molecule has 0 spiro atoms. The van der Waals surface area contributed by atoms with Gasteiger partial charge in [0, 0.05) is 17.1 Å². The third-order valence-electron chi connectivity index (χ3n) is 5.34. The number of hydrogen-bond donors (Lipinski definition) is 1. The normalized spacial score (nSPS) is 11.0. The number of furan rings is 1. The summed E-state index contributed by atoms with van der Waals surface area (Å²) in [5.41, 5.74) is 2.43. The number of anilines is 1. The number of rotatable bonds is 8. The summed E-state index contributed by atoms with van der Waals surface area (Å²) in [5, 5.41) is 7.77. The molecule has 0 fully saturated rings. The van der Waals surface area contributed by atoms with E-state index in [1.165, 1.54) is 0 Å². The molecule has 0 aliphatic carbocycles. The molecule has 0 unspecified atom stereocenters. The second-order valence-electron chi connectivity index (χ2n) is 7.64. The van der Waals surface area contributed by atoms with Gasteiger partial charge in [0.15, 0.2) is 28.8 Å². The predicted molar refractivity (Wildman–Crippen MR) is 134 cm³/mol. The van der Waals surface area contributed by atoms with Crippen LogP contribution in [-0.4, -0.2) is 33.8 Å². The Hall–Kier alpha value is -4.05. The molecular formula is C25H22BrN5O4. The molecule has 3 heterocycles. The third-order valence-corrected chi connectivity index (χ3v) is 5.87. The fourth-order valence-corrected chi connectivity index (χ4v) is 3.78. The number of hydrogen-bond acceptors (Lipinski definition) is 8. The largest absolute Gasteiger partial charge is 0.493 e. The van der Waals surface area contributed by atoms with Crippen molar-refractivity contribution in [1.29, 1.82) is 0 Å². The van der Waals surface area contributed by atoms with Crippen LogP contribution in [0.1, 0.15) is 11.1 Å². The summed E-state index contributed by atoms with van der Waals surface area (Å²) in [6.07, 6.45) is 1.58. The molecule has 10 heteroatoms. The van der Waals surface area contributed by atoms with Crippen LogP contribution < -0.4 is 19.5 Å². The first-order valence-electron chi connectivity index (χ1n) is 10.7. The molecule has 0 radical (unpaired) electrons. The lowest BCUT2D eigenvalue weighted by Gasteiger charge is -2.09. The van der Waals surface area contributed by atoms with Crippen molar-refractivity contribution < 1.29 is 18.6 Å². The zero-order chi connectivity index (χ0) is 24.4. The van der Waals surface area contributed by atoms with Gasteiger partial charge in [-0.2, -0.15) is 0 Å². The van der Waals surface area contributed by atoms with Crippen molar-refractivity contribution in [3.05, 3.63) is 76.5 Å². The maximum atomic E-state index is 5.94. The molecule has 0 bridgehead atoms. The van der Waals surface area contributed by atoms with Crippen LogP contribution in [0.2, 0.25) is 0 Å². The summed E-state index contributed by atoms with van der Waals surface area (Å²) in [6.45, 7) is 2.44. The van der Waals surface area contributed by atoms with Crippen molar-refractivity contribution in [2.24, 2.45) is 0 Å². The Labute approximate surface area is 209 Å². The first-order chi connectivity index (χ1) is 17.0. The van der Waals surface area contributed by atoms with Gasteiger partial charge in [-0.05, 0) is 55.0 Å². The van der Waals surface area contributed by atoms with E-state index in [9.17, 15) is 0 Å². The van der Waals surface area contributed by atoms with Crippen molar-refractivity contribution in [3.63, 3.8) is 0 Å². The molecule has 0 saturated carbocycles. The number of methoxy groups -OCH3 is 2. The monoisotopic (exact) mass is 535 g/mol. The summed E-state index contributed by atoms with van der Waals surface area (Å²) in [6, 6.07) is 17.0. The Morgan fingerprint density at radius 3 is 2.57 bits per heavy atom. The lowest BCUT2D eigenvalue weighted by Crippen LogP contribution is -1.99. The van der Waals surface area contributed by atoms with Gasteiger partial charge < -0.3 is 23.9 Å². The number of nitrogens with one attached hydrogen (secondary N) is 1. The van der Waals surface area contributed by atoms with Gasteiger partial charge >= 0.3 is 0 Å². The molecule has 9 nitrogen and oxygen atoms in total. The highest BCUT2D eigenvalue weighted by Gasteiger charge is 2.16. The van der Waals surface area contributed by atoms with Crippen LogP contribution in [0.5, 0.6) is 23.1 Å². The number of halogens is 1. The lowest BCUT2D eigenvalue weighted by atomic mass is 10.2. The van der Waals surface area contributed by atoms with Crippen LogP contribution >= 0.6 is 15.9 Å². The van der Waals surface area contributed by atoms with E-state index in [0.717, 1.165) is 15.6 Å². The van der Waals surface area contributed by atoms with E-state index in [2.05, 4.69) is 36.3 Å². The molecule has 3 aromatic heterocycles. The number of benzene rings is 2. The molecule has 0 amide bonds. The molecule has 5 rings (SSSR count). The van der Waals surface area contributed by atoms with Crippen LogP contribution in [0.4, 0.5) is 5.88 Å². The summed E-state index contributed by atoms with van der Waals surface area (Å²) in [4.78, 5) is 9.03. The highest BCUT2D eigenvalue weighted by Crippen LogP contribution is 2.30. The Balaban J connectivity index is 1.32. The number of aromatic nitrogens is 4. The molecule has 0 saturated heterocycles. The maximum absolute atomic E-state index is 5.94. The Morgan fingerprint density at radius 1 is 1.00 bits per heavy atom. The number of fused-ring (bicyclic) bond motifs is 1. The minimum absolute atomic E-state index is 0.454. The Morgan fingerprint density at radius 2 is 1.80 bits per heavy atom. The fourth-order valence-electron chi connectivity index (χ4n) is 3.51. The van der Waals surface area contributed by atoms with Gasteiger partial charge in [0.05, 0.1) is 19.8 Å². The second kappa shape index (κ2) is 9.67. The summed E-state index contributed by atoms with van der Waals surface area (Å²) in [5.74, 6) is 4.11. The average molecular weight is 536 g/mol. The zero-order valence-corrected chi connectivity index (χ0v) is 20.9. The van der Waals surface area contributed by atoms with Gasteiger partial charge in [-0.1, -0.05) is 22.0 Å². The SMILES string of the molecule is COc1ccc(CNc2ccc(-c3nc4c(C)c(Oc5ccc(Br)cc5)ncn4n3)o2)cc1OC. The molecule has 178 valence electrons. The Bertz CT molecular complexity index is 1480. The maximum Gasteiger partial charge on any atom is 0.227 e. The summed E-state index contributed by atoms with van der Waals surface area (Å²) >= 11 is 3.42. The molecular weight excluding hydrogens is 514 g/mol. The van der Waals surface area contributed by atoms with Crippen molar-refractivity contribution in [2.75, 3.05) is 19.5 Å². The standard InChI is InChI=1S/C25H22BrN5O4/c1-15-24-29-23(30-31(24)14-28-25(15)34-18-7-5-17(26)6-8-18)20-10-11-22(35-20)27-13-16-4-9-19(32-2)21(12-16)33-3/h4-12,14,27H,13H2,1-3H3. The van der Waals surface area contributed by atoms with E-state index >= 15 is 0 Å². The highest BCUT2D eigenvalue weighted by atomic mass is 79.9. The molecule has 0 atom stereocenters. The van der Waals surface area contributed by atoms with E-state index in [-0.39, 0.29) is 0 Å². The summed E-state index contributed by atoms with van der Waals surface area (Å²) < 4.78 is 25.1. The van der Waals surface area contributed by atoms with E-state index in [4.69, 9.17) is 18.6 Å². The van der Waals surface area contributed by atoms with E-state index in [1.807, 2.05) is 61.5 Å². The van der Waals surface area contributed by atoms with Crippen molar-refractivity contribution in [1.82, 2.24) is 19.6 Å². The van der Waals surface area contributed by atoms with Gasteiger partial charge in [-0.15, -0.1) is 5.10 Å². The van der Waals surface area contributed by atoms with Crippen molar-refractivity contribution in [2.45, 2.75) is 13.5 Å². The van der Waals surface area contributed by atoms with Gasteiger partial charge in [0.25, 0.3) is 0 Å². The molecule has 2 aromatic carbocycles. The minimum Gasteiger partial charge on any atom is -0.493 e. The number of ether oxygens (including phenoxy) is 3. The van der Waals surface area contributed by atoms with Gasteiger partial charge in [0.2, 0.25) is 11.7 Å². The molecule has 1 N–H and O–H groups in total. The smallest absolute Gasteiger partial charge is 0.227 e. The van der Waals surface area contributed by atoms with Gasteiger partial charge in [-0.3, -0.25) is 0 Å². The van der Waals surface area contributed by atoms with Gasteiger partial charge in [0.1, 0.15) is 12.1 Å². The first-order valence-corrected chi connectivity index (χ1v) is 11.5. The lowest BCUT2D eigenvalue weighted by molar-refractivity contribution is 0.354.